The molecule has 2 rings (SSSR count). The van der Waals surface area contributed by atoms with E-state index in [1.54, 1.807) is 0 Å². The van der Waals surface area contributed by atoms with E-state index in [0.717, 1.165) is 11.8 Å². The summed E-state index contributed by atoms with van der Waals surface area (Å²) in [6.45, 7) is 0. The maximum atomic E-state index is 12.8. The Balaban J connectivity index is 2.69. The van der Waals surface area contributed by atoms with Gasteiger partial charge in [-0.25, -0.2) is 0 Å². The van der Waals surface area contributed by atoms with Crippen LogP contribution in [-0.4, -0.2) is 16.9 Å². The molecule has 0 aliphatic rings. The Labute approximate surface area is 126 Å². The lowest BCUT2D eigenvalue weighted by atomic mass is 10.3. The van der Waals surface area contributed by atoms with Gasteiger partial charge in [-0.05, 0) is 12.1 Å². The van der Waals surface area contributed by atoms with Crippen molar-refractivity contribution in [1.29, 1.82) is 0 Å². The second-order valence-corrected chi connectivity index (χ2v) is 4.95. The van der Waals surface area contributed by atoms with Crippen molar-refractivity contribution in [3.63, 3.8) is 0 Å². The topological polar surface area (TPSA) is 27.1 Å². The largest absolute Gasteiger partial charge is 0.480 e. The predicted molar refractivity (Wildman–Crippen MR) is 70.1 cm³/mol. The molecule has 0 amide bonds. The second-order valence-electron chi connectivity index (χ2n) is 3.70. The minimum Gasteiger partial charge on any atom is -0.480 e. The van der Waals surface area contributed by atoms with Crippen molar-refractivity contribution in [3.05, 3.63) is 39.0 Å². The number of hydrogen-bond acceptors (Lipinski definition) is 2. The van der Waals surface area contributed by atoms with Gasteiger partial charge in [0, 0.05) is 5.02 Å². The van der Waals surface area contributed by atoms with Gasteiger partial charge in [0.2, 0.25) is 5.88 Å². The van der Waals surface area contributed by atoms with Crippen LogP contribution in [0.5, 0.6) is 5.88 Å². The Bertz CT molecular complexity index is 632. The molecule has 0 aliphatic heterocycles. The molecule has 0 saturated carbocycles. The van der Waals surface area contributed by atoms with Gasteiger partial charge >= 0.3 is 6.18 Å². The van der Waals surface area contributed by atoms with E-state index >= 15 is 0 Å². The fourth-order valence-corrected chi connectivity index (χ4v) is 2.60. The van der Waals surface area contributed by atoms with Gasteiger partial charge in [-0.3, -0.25) is 0 Å². The van der Waals surface area contributed by atoms with E-state index in [0.29, 0.717) is 6.20 Å². The number of halogens is 6. The molecule has 3 nitrogen and oxygen atoms in total. The zero-order chi connectivity index (χ0) is 15.1. The molecule has 1 aromatic carbocycles. The normalized spacial score (nSPS) is 11.8. The first-order valence-corrected chi connectivity index (χ1v) is 6.23. The molecule has 0 aliphatic carbocycles. The van der Waals surface area contributed by atoms with Crippen LogP contribution in [0, 0.1) is 0 Å². The van der Waals surface area contributed by atoms with Crippen LogP contribution in [0.3, 0.4) is 0 Å². The summed E-state index contributed by atoms with van der Waals surface area (Å²) in [6, 6.07) is 2.69. The Kier molecular flexibility index (Phi) is 4.09. The molecular formula is C11H6Cl3F3N2O. The molecule has 0 atom stereocenters. The monoisotopic (exact) mass is 344 g/mol. The Morgan fingerprint density at radius 3 is 2.15 bits per heavy atom. The molecule has 2 aromatic rings. The van der Waals surface area contributed by atoms with Crippen LogP contribution in [0.25, 0.3) is 5.69 Å². The molecule has 0 N–H and O–H groups in total. The van der Waals surface area contributed by atoms with Gasteiger partial charge in [0.15, 0.2) is 0 Å². The molecule has 0 fully saturated rings. The molecule has 0 spiro atoms. The number of ether oxygens (including phenoxy) is 1. The number of benzene rings is 1. The molecule has 1 aromatic heterocycles. The van der Waals surface area contributed by atoms with E-state index in [2.05, 4.69) is 5.10 Å². The third kappa shape index (κ3) is 2.68. The summed E-state index contributed by atoms with van der Waals surface area (Å²) in [5.74, 6) is -0.511. The van der Waals surface area contributed by atoms with Gasteiger partial charge in [0.25, 0.3) is 0 Å². The first kappa shape index (κ1) is 15.3. The molecule has 20 heavy (non-hydrogen) atoms. The second kappa shape index (κ2) is 5.35. The van der Waals surface area contributed by atoms with Crippen LogP contribution in [0.1, 0.15) is 5.56 Å². The highest BCUT2D eigenvalue weighted by atomic mass is 35.5. The average molecular weight is 346 g/mol. The molecule has 9 heteroatoms. The van der Waals surface area contributed by atoms with Crippen molar-refractivity contribution in [2.75, 3.05) is 7.11 Å². The lowest BCUT2D eigenvalue weighted by Crippen LogP contribution is -2.08. The van der Waals surface area contributed by atoms with E-state index < -0.39 is 17.6 Å². The fourth-order valence-electron chi connectivity index (χ4n) is 1.62. The van der Waals surface area contributed by atoms with Crippen LogP contribution < -0.4 is 4.74 Å². The van der Waals surface area contributed by atoms with E-state index in [1.807, 2.05) is 0 Å². The van der Waals surface area contributed by atoms with Crippen LogP contribution >= 0.6 is 34.8 Å². The third-order valence-corrected chi connectivity index (χ3v) is 3.21. The highest BCUT2D eigenvalue weighted by molar-refractivity contribution is 6.40. The zero-order valence-electron chi connectivity index (χ0n) is 9.80. The molecule has 1 heterocycles. The smallest absolute Gasteiger partial charge is 0.423 e. The van der Waals surface area contributed by atoms with Gasteiger partial charge in [-0.15, -0.1) is 0 Å². The molecule has 0 saturated heterocycles. The van der Waals surface area contributed by atoms with Gasteiger partial charge in [-0.2, -0.15) is 23.0 Å². The fraction of sp³-hybridized carbons (Fsp3) is 0.182. The Morgan fingerprint density at radius 1 is 1.15 bits per heavy atom. The molecule has 0 radical (unpaired) electrons. The summed E-state index contributed by atoms with van der Waals surface area (Å²) in [4.78, 5) is 0. The third-order valence-electron chi connectivity index (χ3n) is 2.42. The van der Waals surface area contributed by atoms with Crippen molar-refractivity contribution in [2.45, 2.75) is 6.18 Å². The van der Waals surface area contributed by atoms with Crippen LogP contribution in [0.4, 0.5) is 13.2 Å². The standard InChI is InChI=1S/C11H6Cl3F3N2O/c1-20-10-6(11(15,16)17)4-18-19(10)9-7(13)2-5(12)3-8(9)14/h2-4H,1H3. The number of aromatic nitrogens is 2. The van der Waals surface area contributed by atoms with E-state index in [1.165, 1.54) is 12.1 Å². The summed E-state index contributed by atoms with van der Waals surface area (Å²) in [5, 5.41) is 4.00. The summed E-state index contributed by atoms with van der Waals surface area (Å²) in [7, 11) is 1.10. The number of alkyl halides is 3. The zero-order valence-corrected chi connectivity index (χ0v) is 12.1. The SMILES string of the molecule is COc1c(C(F)(F)F)cnn1-c1c(Cl)cc(Cl)cc1Cl. The minimum atomic E-state index is -4.60. The maximum Gasteiger partial charge on any atom is 0.423 e. The highest BCUT2D eigenvalue weighted by Gasteiger charge is 2.38. The van der Waals surface area contributed by atoms with Gasteiger partial charge in [0.1, 0.15) is 11.3 Å². The van der Waals surface area contributed by atoms with E-state index in [9.17, 15) is 13.2 Å². The van der Waals surface area contributed by atoms with Gasteiger partial charge in [-0.1, -0.05) is 34.8 Å². The average Bonchev–Trinajstić information content (AvgIpc) is 2.70. The molecule has 0 bridgehead atoms. The maximum absolute atomic E-state index is 12.8. The first-order chi connectivity index (χ1) is 9.25. The van der Waals surface area contributed by atoms with Crippen molar-refractivity contribution >= 4 is 34.8 Å². The lowest BCUT2D eigenvalue weighted by molar-refractivity contribution is -0.138. The van der Waals surface area contributed by atoms with Crippen molar-refractivity contribution in [1.82, 2.24) is 9.78 Å². The first-order valence-electron chi connectivity index (χ1n) is 5.10. The van der Waals surface area contributed by atoms with Crippen molar-refractivity contribution in [2.24, 2.45) is 0 Å². The minimum absolute atomic E-state index is 0.0534. The van der Waals surface area contributed by atoms with Crippen LogP contribution in [0.2, 0.25) is 15.1 Å². The summed E-state index contributed by atoms with van der Waals surface area (Å²) >= 11 is 17.7. The summed E-state index contributed by atoms with van der Waals surface area (Å²) in [6.07, 6.45) is -3.96. The molecule has 108 valence electrons. The van der Waals surface area contributed by atoms with E-state index in [4.69, 9.17) is 39.5 Å². The summed E-state index contributed by atoms with van der Waals surface area (Å²) < 4.78 is 44.1. The van der Waals surface area contributed by atoms with Gasteiger partial charge < -0.3 is 4.74 Å². The summed E-state index contributed by atoms with van der Waals surface area (Å²) in [5.41, 5.74) is -0.966. The van der Waals surface area contributed by atoms with E-state index in [-0.39, 0.29) is 20.8 Å². The molecule has 0 unspecified atom stereocenters. The van der Waals surface area contributed by atoms with Crippen LogP contribution in [0.15, 0.2) is 18.3 Å². The Morgan fingerprint density at radius 2 is 1.70 bits per heavy atom. The quantitative estimate of drug-likeness (QED) is 0.777. The molecular weight excluding hydrogens is 339 g/mol. The number of hydrogen-bond donors (Lipinski definition) is 0. The van der Waals surface area contributed by atoms with Crippen LogP contribution in [-0.2, 0) is 6.18 Å². The number of rotatable bonds is 2. The number of methoxy groups -OCH3 is 1. The lowest BCUT2D eigenvalue weighted by Gasteiger charge is -2.12. The number of nitrogens with zero attached hydrogens (tertiary/aromatic N) is 2. The highest BCUT2D eigenvalue weighted by Crippen LogP contribution is 2.40. The van der Waals surface area contributed by atoms with Crippen molar-refractivity contribution < 1.29 is 17.9 Å². The van der Waals surface area contributed by atoms with Gasteiger partial charge in [0.05, 0.1) is 23.4 Å². The predicted octanol–water partition coefficient (Wildman–Crippen LogP) is 4.86. The Hall–Kier alpha value is -1.11. The van der Waals surface area contributed by atoms with Crippen molar-refractivity contribution in [3.8, 4) is 11.6 Å².